The smallest absolute Gasteiger partial charge is 0.362 e. The number of hydrogen-bond acceptors (Lipinski definition) is 9. The number of nitrogens with two attached hydrogens (primary N) is 1. The van der Waals surface area contributed by atoms with Gasteiger partial charge in [0.15, 0.2) is 0 Å². The lowest BCUT2D eigenvalue weighted by Crippen LogP contribution is -2.55. The van der Waals surface area contributed by atoms with Crippen molar-refractivity contribution in [3.8, 4) is 5.75 Å². The van der Waals surface area contributed by atoms with Crippen LogP contribution in [-0.2, 0) is 28.6 Å². The third-order valence-electron chi connectivity index (χ3n) is 3.67. The first-order valence-corrected chi connectivity index (χ1v) is 9.47. The maximum Gasteiger partial charge on any atom is 0.362 e. The summed E-state index contributed by atoms with van der Waals surface area (Å²) in [4.78, 5) is 41.6. The van der Waals surface area contributed by atoms with Crippen LogP contribution in [0.5, 0.6) is 5.75 Å². The molecule has 0 bridgehead atoms. The maximum absolute atomic E-state index is 12.8. The summed E-state index contributed by atoms with van der Waals surface area (Å²) in [5.41, 5.74) is 3.09. The van der Waals surface area contributed by atoms with E-state index in [-0.39, 0.29) is 31.8 Å². The fraction of sp³-hybridized carbons (Fsp3) is 0.600. The van der Waals surface area contributed by atoms with Crippen LogP contribution in [0.3, 0.4) is 0 Å². The van der Waals surface area contributed by atoms with E-state index in [1.165, 1.54) is 24.5 Å². The lowest BCUT2D eigenvalue weighted by molar-refractivity contribution is -0.181. The van der Waals surface area contributed by atoms with Crippen LogP contribution < -0.4 is 10.5 Å². The summed E-state index contributed by atoms with van der Waals surface area (Å²) in [6.45, 7) is 8.40. The molecule has 0 radical (unpaired) electrons. The third-order valence-corrected chi connectivity index (χ3v) is 3.67. The lowest BCUT2D eigenvalue weighted by atomic mass is 9.94. The molecule has 0 aliphatic carbocycles. The second-order valence-corrected chi connectivity index (χ2v) is 7.23. The summed E-state index contributed by atoms with van der Waals surface area (Å²) in [5, 5.41) is 0. The fourth-order valence-electron chi connectivity index (χ4n) is 2.38. The van der Waals surface area contributed by atoms with Crippen molar-refractivity contribution in [3.63, 3.8) is 0 Å². The SMILES string of the molecule is CCOC(=O)C(CCC(N)C(=O)OC(C)(C)C)(Oc1ccncc1)C(=O)OCC. The van der Waals surface area contributed by atoms with Crippen LogP contribution in [0.4, 0.5) is 0 Å². The molecule has 0 aliphatic heterocycles. The Morgan fingerprint density at radius 2 is 1.55 bits per heavy atom. The Balaban J connectivity index is 3.17. The summed E-state index contributed by atoms with van der Waals surface area (Å²) >= 11 is 0. The minimum atomic E-state index is -2.12. The second-order valence-electron chi connectivity index (χ2n) is 7.23. The fourth-order valence-corrected chi connectivity index (χ4v) is 2.38. The first-order chi connectivity index (χ1) is 13.6. The molecule has 0 aromatic carbocycles. The first-order valence-electron chi connectivity index (χ1n) is 9.47. The minimum Gasteiger partial charge on any atom is -0.464 e. The Bertz CT molecular complexity index is 668. The molecule has 0 aliphatic rings. The molecule has 1 heterocycles. The van der Waals surface area contributed by atoms with Crippen molar-refractivity contribution in [2.24, 2.45) is 5.73 Å². The zero-order valence-electron chi connectivity index (χ0n) is 17.6. The van der Waals surface area contributed by atoms with Crippen molar-refractivity contribution in [2.45, 2.75) is 64.7 Å². The number of nitrogens with zero attached hydrogens (tertiary/aromatic N) is 1. The molecule has 1 unspecified atom stereocenters. The number of pyridine rings is 1. The van der Waals surface area contributed by atoms with E-state index < -0.39 is 35.2 Å². The molecule has 162 valence electrons. The highest BCUT2D eigenvalue weighted by atomic mass is 16.6. The molecule has 9 nitrogen and oxygen atoms in total. The van der Waals surface area contributed by atoms with Gasteiger partial charge in [0.2, 0.25) is 0 Å². The number of carbonyl (C=O) groups is 3. The Morgan fingerprint density at radius 1 is 1.03 bits per heavy atom. The van der Waals surface area contributed by atoms with Crippen molar-refractivity contribution >= 4 is 17.9 Å². The van der Waals surface area contributed by atoms with Gasteiger partial charge in [-0.3, -0.25) is 9.78 Å². The van der Waals surface area contributed by atoms with Crippen molar-refractivity contribution in [1.82, 2.24) is 4.98 Å². The molecular weight excluding hydrogens is 380 g/mol. The van der Waals surface area contributed by atoms with Crippen LogP contribution in [0.25, 0.3) is 0 Å². The average molecular weight is 410 g/mol. The molecule has 0 fully saturated rings. The van der Waals surface area contributed by atoms with Crippen molar-refractivity contribution in [1.29, 1.82) is 0 Å². The van der Waals surface area contributed by atoms with Gasteiger partial charge in [0.05, 0.1) is 13.2 Å². The monoisotopic (exact) mass is 410 g/mol. The Morgan fingerprint density at radius 3 is 2.00 bits per heavy atom. The van der Waals surface area contributed by atoms with Crippen molar-refractivity contribution < 1.29 is 33.3 Å². The van der Waals surface area contributed by atoms with Gasteiger partial charge in [-0.05, 0) is 53.2 Å². The first kappa shape index (κ1) is 24.4. The normalized spacial score (nSPS) is 12.6. The second kappa shape index (κ2) is 10.8. The van der Waals surface area contributed by atoms with Gasteiger partial charge in [-0.1, -0.05) is 0 Å². The third kappa shape index (κ3) is 7.34. The molecule has 0 saturated heterocycles. The van der Waals surface area contributed by atoms with E-state index >= 15 is 0 Å². The summed E-state index contributed by atoms with van der Waals surface area (Å²) in [6, 6.07) is 1.90. The Hall–Kier alpha value is -2.68. The molecule has 0 spiro atoms. The van der Waals surface area contributed by atoms with Crippen molar-refractivity contribution in [3.05, 3.63) is 24.5 Å². The summed E-state index contributed by atoms with van der Waals surface area (Å²) in [7, 11) is 0. The lowest BCUT2D eigenvalue weighted by Gasteiger charge is -2.30. The van der Waals surface area contributed by atoms with E-state index in [4.69, 9.17) is 24.7 Å². The molecule has 1 rings (SSSR count). The van der Waals surface area contributed by atoms with Gasteiger partial charge in [-0.15, -0.1) is 0 Å². The molecule has 2 N–H and O–H groups in total. The molecule has 9 heteroatoms. The standard InChI is InChI=1S/C20H30N2O7/c1-6-26-17(24)20(18(25)27-7-2,28-14-9-12-22-13-10-14)11-8-15(21)16(23)29-19(3,4)5/h9-10,12-13,15H,6-8,11,21H2,1-5H3. The van der Waals surface area contributed by atoms with Gasteiger partial charge in [0, 0.05) is 18.8 Å². The quantitative estimate of drug-likeness (QED) is 0.349. The Labute approximate surface area is 170 Å². The number of esters is 3. The molecule has 1 atom stereocenters. The average Bonchev–Trinajstić information content (AvgIpc) is 2.64. The van der Waals surface area contributed by atoms with Gasteiger partial charge in [-0.25, -0.2) is 9.59 Å². The van der Waals surface area contributed by atoms with Gasteiger partial charge >= 0.3 is 23.5 Å². The van der Waals surface area contributed by atoms with Gasteiger partial charge < -0.3 is 24.7 Å². The number of ether oxygens (including phenoxy) is 4. The zero-order chi connectivity index (χ0) is 22.1. The van der Waals surface area contributed by atoms with E-state index in [0.717, 1.165) is 0 Å². The molecule has 0 saturated carbocycles. The van der Waals surface area contributed by atoms with Crippen LogP contribution in [0, 0.1) is 0 Å². The largest absolute Gasteiger partial charge is 0.464 e. The summed E-state index contributed by atoms with van der Waals surface area (Å²) in [5.74, 6) is -2.28. The van der Waals surface area contributed by atoms with E-state index in [1.54, 1.807) is 34.6 Å². The minimum absolute atomic E-state index is 0.0256. The van der Waals surface area contributed by atoms with Gasteiger partial charge in [0.1, 0.15) is 17.4 Å². The highest BCUT2D eigenvalue weighted by Gasteiger charge is 2.52. The molecular formula is C20H30N2O7. The highest BCUT2D eigenvalue weighted by molar-refractivity contribution is 6.04. The molecule has 1 aromatic heterocycles. The van der Waals surface area contributed by atoms with Crippen LogP contribution in [0.1, 0.15) is 47.5 Å². The van der Waals surface area contributed by atoms with Crippen LogP contribution in [0.2, 0.25) is 0 Å². The summed E-state index contributed by atoms with van der Waals surface area (Å²) < 4.78 is 21.2. The highest BCUT2D eigenvalue weighted by Crippen LogP contribution is 2.27. The van der Waals surface area contributed by atoms with E-state index in [9.17, 15) is 14.4 Å². The van der Waals surface area contributed by atoms with Crippen molar-refractivity contribution in [2.75, 3.05) is 13.2 Å². The van der Waals surface area contributed by atoms with E-state index in [2.05, 4.69) is 4.98 Å². The zero-order valence-corrected chi connectivity index (χ0v) is 17.6. The topological polar surface area (TPSA) is 127 Å². The van der Waals surface area contributed by atoms with Crippen LogP contribution in [-0.4, -0.2) is 53.3 Å². The predicted octanol–water partition coefficient (Wildman–Crippen LogP) is 1.77. The van der Waals surface area contributed by atoms with E-state index in [0.29, 0.717) is 0 Å². The number of hydrogen-bond donors (Lipinski definition) is 1. The van der Waals surface area contributed by atoms with Crippen LogP contribution in [0.15, 0.2) is 24.5 Å². The number of carbonyl (C=O) groups excluding carboxylic acids is 3. The molecule has 29 heavy (non-hydrogen) atoms. The van der Waals surface area contributed by atoms with Gasteiger partial charge in [-0.2, -0.15) is 0 Å². The number of rotatable bonds is 10. The molecule has 0 amide bonds. The molecule has 1 aromatic rings. The van der Waals surface area contributed by atoms with Gasteiger partial charge in [0.25, 0.3) is 0 Å². The van der Waals surface area contributed by atoms with Crippen LogP contribution >= 0.6 is 0 Å². The number of aromatic nitrogens is 1. The summed E-state index contributed by atoms with van der Waals surface area (Å²) in [6.07, 6.45) is 2.58. The van der Waals surface area contributed by atoms with E-state index in [1.807, 2.05) is 0 Å². The Kier molecular flexibility index (Phi) is 9.03. The maximum atomic E-state index is 12.8. The predicted molar refractivity (Wildman–Crippen MR) is 104 cm³/mol.